The number of aromatic amines is 1. The molecular formula is C26H36N6O4S. The molecule has 0 unspecified atom stereocenters. The first-order valence-electron chi connectivity index (χ1n) is 13.3. The van der Waals surface area contributed by atoms with Crippen LogP contribution >= 0.6 is 0 Å². The highest BCUT2D eigenvalue weighted by Gasteiger charge is 2.40. The number of imidazole rings is 1. The van der Waals surface area contributed by atoms with Crippen molar-refractivity contribution in [2.75, 3.05) is 26.2 Å². The van der Waals surface area contributed by atoms with Crippen molar-refractivity contribution in [2.45, 2.75) is 76.8 Å². The third kappa shape index (κ3) is 4.57. The van der Waals surface area contributed by atoms with E-state index in [1.165, 1.54) is 0 Å². The van der Waals surface area contributed by atoms with Gasteiger partial charge in [-0.15, -0.1) is 5.10 Å². The van der Waals surface area contributed by atoms with E-state index in [1.807, 2.05) is 13.8 Å². The van der Waals surface area contributed by atoms with Crippen LogP contribution in [0.4, 0.5) is 0 Å². The lowest BCUT2D eigenvalue weighted by Crippen LogP contribution is -2.41. The molecule has 2 bridgehead atoms. The first kappa shape index (κ1) is 25.9. The molecule has 200 valence electrons. The summed E-state index contributed by atoms with van der Waals surface area (Å²) >= 11 is 0. The van der Waals surface area contributed by atoms with Crippen LogP contribution in [-0.2, 0) is 16.4 Å². The molecule has 0 aliphatic carbocycles. The van der Waals surface area contributed by atoms with Crippen molar-refractivity contribution < 1.29 is 13.2 Å². The number of ether oxygens (including phenoxy) is 1. The number of H-pyrrole nitrogens is 1. The molecule has 37 heavy (non-hydrogen) atoms. The third-order valence-electron chi connectivity index (χ3n) is 7.62. The summed E-state index contributed by atoms with van der Waals surface area (Å²) in [5, 5.41) is 4.69. The van der Waals surface area contributed by atoms with Gasteiger partial charge in [-0.2, -0.15) is 4.31 Å². The lowest BCUT2D eigenvalue weighted by atomic mass is 10.1. The highest BCUT2D eigenvalue weighted by molar-refractivity contribution is 7.89. The number of nitrogens with zero attached hydrogens (tertiary/aromatic N) is 5. The number of likely N-dealkylation sites (N-methyl/N-ethyl adjacent to an activating group) is 1. The number of aryl methyl sites for hydroxylation is 2. The smallest absolute Gasteiger partial charge is 0.277 e. The molecule has 10 nitrogen and oxygen atoms in total. The van der Waals surface area contributed by atoms with Crippen LogP contribution in [0.2, 0.25) is 0 Å². The molecule has 0 spiro atoms. The minimum Gasteiger partial charge on any atom is -0.493 e. The number of benzene rings is 1. The molecule has 4 heterocycles. The van der Waals surface area contributed by atoms with Gasteiger partial charge in [0, 0.05) is 31.6 Å². The molecule has 3 aromatic rings. The second-order valence-electron chi connectivity index (χ2n) is 9.88. The van der Waals surface area contributed by atoms with Gasteiger partial charge >= 0.3 is 0 Å². The number of nitrogens with one attached hydrogen (secondary N) is 1. The average Bonchev–Trinajstić information content (AvgIpc) is 3.33. The third-order valence-corrected chi connectivity index (χ3v) is 9.48. The normalized spacial score (nSPS) is 21.0. The quantitative estimate of drug-likeness (QED) is 0.478. The van der Waals surface area contributed by atoms with E-state index in [2.05, 4.69) is 21.8 Å². The molecule has 1 aromatic carbocycles. The summed E-state index contributed by atoms with van der Waals surface area (Å²) in [7, 11) is -3.75. The second-order valence-corrected chi connectivity index (χ2v) is 11.8. The van der Waals surface area contributed by atoms with Gasteiger partial charge in [0.2, 0.25) is 10.0 Å². The first-order chi connectivity index (χ1) is 17.8. The molecule has 1 N–H and O–H groups in total. The topological polar surface area (TPSA) is 113 Å². The van der Waals surface area contributed by atoms with Gasteiger partial charge in [0.05, 0.1) is 22.8 Å². The van der Waals surface area contributed by atoms with Crippen LogP contribution in [0.15, 0.2) is 27.9 Å². The lowest BCUT2D eigenvalue weighted by Gasteiger charge is -2.27. The van der Waals surface area contributed by atoms with Crippen LogP contribution in [0.25, 0.3) is 16.9 Å². The summed E-state index contributed by atoms with van der Waals surface area (Å²) in [6.45, 7) is 10.1. The Morgan fingerprint density at radius 2 is 1.92 bits per heavy atom. The standard InChI is InChI=1S/C26H36N6O4S/c1-5-8-23-27-17(4)24-26(33)28-25(29-32(23)24)21-15-20(11-12-22(21)36-7-3)37(34,35)30-14-13-18-9-10-19(16-30)31(18)6-2/h11-12,15,18-19H,5-10,13-14,16H2,1-4H3,(H,28,29,33)/t18-,19+/m0/s1. The Kier molecular flexibility index (Phi) is 7.12. The maximum absolute atomic E-state index is 13.8. The van der Waals surface area contributed by atoms with Crippen LogP contribution < -0.4 is 10.3 Å². The Labute approximate surface area is 217 Å². The van der Waals surface area contributed by atoms with E-state index in [9.17, 15) is 13.2 Å². The van der Waals surface area contributed by atoms with Crippen molar-refractivity contribution in [3.05, 3.63) is 40.1 Å². The summed E-state index contributed by atoms with van der Waals surface area (Å²) < 4.78 is 36.7. The van der Waals surface area contributed by atoms with Crippen molar-refractivity contribution in [3.8, 4) is 17.1 Å². The van der Waals surface area contributed by atoms with Gasteiger partial charge in [-0.25, -0.2) is 17.9 Å². The zero-order chi connectivity index (χ0) is 26.3. The van der Waals surface area contributed by atoms with Crippen LogP contribution in [0, 0.1) is 6.92 Å². The van der Waals surface area contributed by atoms with Gasteiger partial charge < -0.3 is 9.72 Å². The summed E-state index contributed by atoms with van der Waals surface area (Å²) in [4.78, 5) is 23.0. The molecule has 11 heteroatoms. The molecular weight excluding hydrogens is 492 g/mol. The van der Waals surface area contributed by atoms with E-state index in [0.717, 1.165) is 32.2 Å². The summed E-state index contributed by atoms with van der Waals surface area (Å²) in [6, 6.07) is 5.52. The highest BCUT2D eigenvalue weighted by Crippen LogP contribution is 2.35. The van der Waals surface area contributed by atoms with Crippen molar-refractivity contribution in [1.29, 1.82) is 0 Å². The SMILES string of the molecule is CCCc1nc(C)c2c(=O)[nH]c(-c3cc(S(=O)(=O)N4CC[C@@H]5CC[C@H](C4)N5CC)ccc3OCC)nn12. The molecule has 0 amide bonds. The van der Waals surface area contributed by atoms with Crippen molar-refractivity contribution in [1.82, 2.24) is 28.8 Å². The van der Waals surface area contributed by atoms with Crippen LogP contribution in [0.1, 0.15) is 58.0 Å². The molecule has 0 saturated carbocycles. The monoisotopic (exact) mass is 528 g/mol. The zero-order valence-electron chi connectivity index (χ0n) is 22.0. The Morgan fingerprint density at radius 3 is 2.65 bits per heavy atom. The Morgan fingerprint density at radius 1 is 1.14 bits per heavy atom. The van der Waals surface area contributed by atoms with Gasteiger partial charge in [0.15, 0.2) is 11.3 Å². The van der Waals surface area contributed by atoms with E-state index in [4.69, 9.17) is 9.84 Å². The second kappa shape index (κ2) is 10.2. The maximum atomic E-state index is 13.8. The molecule has 5 rings (SSSR count). The highest BCUT2D eigenvalue weighted by atomic mass is 32.2. The van der Waals surface area contributed by atoms with Gasteiger partial charge in [-0.3, -0.25) is 9.69 Å². The van der Waals surface area contributed by atoms with E-state index in [0.29, 0.717) is 60.5 Å². The number of fused-ring (bicyclic) bond motifs is 3. The Bertz CT molecular complexity index is 1460. The summed E-state index contributed by atoms with van der Waals surface area (Å²) in [5.74, 6) is 1.41. The molecule has 2 fully saturated rings. The molecule has 2 aromatic heterocycles. The van der Waals surface area contributed by atoms with Crippen LogP contribution in [0.3, 0.4) is 0 Å². The molecule has 0 radical (unpaired) electrons. The van der Waals surface area contributed by atoms with Gasteiger partial charge in [-0.1, -0.05) is 13.8 Å². The maximum Gasteiger partial charge on any atom is 0.277 e. The summed E-state index contributed by atoms with van der Waals surface area (Å²) in [5.41, 5.74) is 1.12. The molecule has 2 saturated heterocycles. The summed E-state index contributed by atoms with van der Waals surface area (Å²) in [6.07, 6.45) is 4.51. The molecule has 2 aliphatic heterocycles. The van der Waals surface area contributed by atoms with Crippen molar-refractivity contribution in [3.63, 3.8) is 0 Å². The molecule has 2 atom stereocenters. The number of aromatic nitrogens is 4. The lowest BCUT2D eigenvalue weighted by molar-refractivity contribution is 0.209. The predicted octanol–water partition coefficient (Wildman–Crippen LogP) is 2.99. The predicted molar refractivity (Wildman–Crippen MR) is 142 cm³/mol. The largest absolute Gasteiger partial charge is 0.493 e. The van der Waals surface area contributed by atoms with E-state index < -0.39 is 10.0 Å². The first-order valence-corrected chi connectivity index (χ1v) is 14.7. The minimum absolute atomic E-state index is 0.171. The number of sulfonamides is 1. The Hall–Kier alpha value is -2.76. The van der Waals surface area contributed by atoms with Crippen LogP contribution in [0.5, 0.6) is 5.75 Å². The number of rotatable bonds is 8. The molecule has 2 aliphatic rings. The Balaban J connectivity index is 1.58. The van der Waals surface area contributed by atoms with Gasteiger partial charge in [0.25, 0.3) is 5.56 Å². The van der Waals surface area contributed by atoms with Gasteiger partial charge in [0.1, 0.15) is 11.6 Å². The van der Waals surface area contributed by atoms with Crippen molar-refractivity contribution >= 4 is 15.5 Å². The van der Waals surface area contributed by atoms with E-state index in [-0.39, 0.29) is 22.3 Å². The fourth-order valence-electron chi connectivity index (χ4n) is 5.90. The van der Waals surface area contributed by atoms with Crippen molar-refractivity contribution in [2.24, 2.45) is 0 Å². The minimum atomic E-state index is -3.75. The average molecular weight is 529 g/mol. The number of hydrogen-bond donors (Lipinski definition) is 1. The van der Waals surface area contributed by atoms with Crippen LogP contribution in [-0.4, -0.2) is 75.5 Å². The van der Waals surface area contributed by atoms with E-state index in [1.54, 1.807) is 33.9 Å². The van der Waals surface area contributed by atoms with Gasteiger partial charge in [-0.05, 0) is 64.3 Å². The zero-order valence-corrected chi connectivity index (χ0v) is 22.8. The fraction of sp³-hybridized carbons (Fsp3) is 0.577. The number of hydrogen-bond acceptors (Lipinski definition) is 7. The fourth-order valence-corrected chi connectivity index (χ4v) is 7.42. The van der Waals surface area contributed by atoms with E-state index >= 15 is 0 Å².